The number of hydrogen-bond donors (Lipinski definition) is 1. The lowest BCUT2D eigenvalue weighted by atomic mass is 9.98. The summed E-state index contributed by atoms with van der Waals surface area (Å²) in [6, 6.07) is 4.21. The van der Waals surface area contributed by atoms with Gasteiger partial charge in [0, 0.05) is 17.6 Å². The largest absolute Gasteiger partial charge is 0.478 e. The Balaban J connectivity index is 2.92. The number of aromatic nitrogens is 1. The van der Waals surface area contributed by atoms with Crippen molar-refractivity contribution >= 4 is 16.9 Å². The molecule has 0 atom stereocenters. The molecule has 3 nitrogen and oxygen atoms in total. The molecule has 1 heterocycles. The lowest BCUT2D eigenvalue weighted by Gasteiger charge is -2.12. The Morgan fingerprint density at radius 2 is 1.90 bits per heavy atom. The molecule has 0 aliphatic carbocycles. The molecule has 0 radical (unpaired) electrons. The summed E-state index contributed by atoms with van der Waals surface area (Å²) in [5.74, 6) is -0.466. The van der Waals surface area contributed by atoms with Gasteiger partial charge in [0.25, 0.3) is 0 Å². The molecule has 1 aromatic carbocycles. The van der Waals surface area contributed by atoms with Gasteiger partial charge < -0.3 is 9.67 Å². The first kappa shape index (κ1) is 14.6. The van der Waals surface area contributed by atoms with Crippen molar-refractivity contribution in [1.82, 2.24) is 4.57 Å². The number of benzene rings is 1. The number of carbonyl (C=O) groups is 1. The van der Waals surface area contributed by atoms with Crippen LogP contribution in [0, 0.1) is 0 Å². The van der Waals surface area contributed by atoms with Crippen LogP contribution in [0.2, 0.25) is 0 Å². The average molecular weight is 273 g/mol. The van der Waals surface area contributed by atoms with E-state index in [0.29, 0.717) is 11.5 Å². The number of carboxylic acid groups (broad SMARTS) is 1. The van der Waals surface area contributed by atoms with E-state index >= 15 is 0 Å². The van der Waals surface area contributed by atoms with Gasteiger partial charge in [-0.05, 0) is 49.4 Å². The summed E-state index contributed by atoms with van der Waals surface area (Å²) < 4.78 is 2.09. The topological polar surface area (TPSA) is 42.2 Å². The second kappa shape index (κ2) is 5.31. The maximum atomic E-state index is 11.6. The first-order valence-electron chi connectivity index (χ1n) is 7.27. The van der Waals surface area contributed by atoms with E-state index in [1.54, 1.807) is 0 Å². The Morgan fingerprint density at radius 3 is 2.35 bits per heavy atom. The van der Waals surface area contributed by atoms with Crippen LogP contribution in [0.25, 0.3) is 10.9 Å². The molecule has 2 aromatic rings. The number of carboxylic acids is 1. The summed E-state index contributed by atoms with van der Waals surface area (Å²) >= 11 is 0. The molecule has 0 fully saturated rings. The summed E-state index contributed by atoms with van der Waals surface area (Å²) in [5, 5.41) is 10.6. The van der Waals surface area contributed by atoms with Gasteiger partial charge in [0.1, 0.15) is 0 Å². The van der Waals surface area contributed by atoms with E-state index in [9.17, 15) is 9.90 Å². The van der Waals surface area contributed by atoms with Crippen molar-refractivity contribution in [2.24, 2.45) is 0 Å². The number of rotatable bonds is 4. The van der Waals surface area contributed by atoms with Crippen LogP contribution in [0.1, 0.15) is 68.1 Å². The summed E-state index contributed by atoms with van der Waals surface area (Å²) in [6.45, 7) is 10.5. The molecule has 1 N–H and O–H groups in total. The van der Waals surface area contributed by atoms with E-state index in [4.69, 9.17) is 0 Å². The lowest BCUT2D eigenvalue weighted by molar-refractivity contribution is 0.0698. The molecular weight excluding hydrogens is 250 g/mol. The zero-order chi connectivity index (χ0) is 15.0. The maximum Gasteiger partial charge on any atom is 0.337 e. The highest BCUT2D eigenvalue weighted by atomic mass is 16.4. The fraction of sp³-hybridized carbons (Fsp3) is 0.471. The monoisotopic (exact) mass is 273 g/mol. The molecule has 0 amide bonds. The third kappa shape index (κ3) is 2.33. The molecule has 0 spiro atoms. The first-order valence-corrected chi connectivity index (χ1v) is 7.27. The van der Waals surface area contributed by atoms with Gasteiger partial charge in [0.15, 0.2) is 0 Å². The minimum Gasteiger partial charge on any atom is -0.478 e. The van der Waals surface area contributed by atoms with Crippen LogP contribution in [0.3, 0.4) is 0 Å². The Kier molecular flexibility index (Phi) is 3.89. The van der Waals surface area contributed by atoms with Crippen molar-refractivity contribution in [3.05, 3.63) is 35.0 Å². The average Bonchev–Trinajstić information content (AvgIpc) is 2.76. The normalized spacial score (nSPS) is 11.8. The minimum absolute atomic E-state index is 0.246. The summed E-state index contributed by atoms with van der Waals surface area (Å²) in [6.07, 6.45) is 2.96. The van der Waals surface area contributed by atoms with Gasteiger partial charge in [-0.25, -0.2) is 4.79 Å². The zero-order valence-corrected chi connectivity index (χ0v) is 12.9. The van der Waals surface area contributed by atoms with Crippen molar-refractivity contribution < 1.29 is 9.90 Å². The lowest BCUT2D eigenvalue weighted by Crippen LogP contribution is -2.05. The smallest absolute Gasteiger partial charge is 0.337 e. The van der Waals surface area contributed by atoms with Crippen LogP contribution < -0.4 is 0 Å². The maximum absolute atomic E-state index is 11.6. The second-order valence-corrected chi connectivity index (χ2v) is 5.94. The highest BCUT2D eigenvalue weighted by Gasteiger charge is 2.20. The van der Waals surface area contributed by atoms with E-state index in [2.05, 4.69) is 51.4 Å². The predicted octanol–water partition coefficient (Wildman–Crippen LogP) is 4.61. The molecule has 0 aliphatic heterocycles. The second-order valence-electron chi connectivity index (χ2n) is 5.94. The Bertz CT molecular complexity index is 651. The molecule has 2 rings (SSSR count). The molecule has 0 unspecified atom stereocenters. The van der Waals surface area contributed by atoms with Gasteiger partial charge in [-0.1, -0.05) is 20.8 Å². The van der Waals surface area contributed by atoms with Crippen LogP contribution in [-0.4, -0.2) is 15.6 Å². The van der Waals surface area contributed by atoms with Crippen LogP contribution in [0.15, 0.2) is 18.3 Å². The third-order valence-electron chi connectivity index (χ3n) is 3.83. The number of aryl methyl sites for hydroxylation is 1. The molecule has 0 bridgehead atoms. The fourth-order valence-corrected chi connectivity index (χ4v) is 2.71. The van der Waals surface area contributed by atoms with Crippen molar-refractivity contribution in [3.8, 4) is 0 Å². The summed E-state index contributed by atoms with van der Waals surface area (Å²) in [4.78, 5) is 11.6. The number of nitrogens with zero attached hydrogens (tertiary/aromatic N) is 1. The number of aromatic carboxylic acids is 1. The SMILES string of the molecule is CCc1cc(C(=O)O)c2c(c1)c(C(C)C)cn2C(C)C. The Morgan fingerprint density at radius 1 is 1.25 bits per heavy atom. The van der Waals surface area contributed by atoms with Gasteiger partial charge in [-0.3, -0.25) is 0 Å². The van der Waals surface area contributed by atoms with Gasteiger partial charge in [-0.15, -0.1) is 0 Å². The molecule has 108 valence electrons. The van der Waals surface area contributed by atoms with E-state index in [0.717, 1.165) is 22.9 Å². The zero-order valence-electron chi connectivity index (χ0n) is 12.9. The van der Waals surface area contributed by atoms with E-state index in [1.165, 1.54) is 5.56 Å². The summed E-state index contributed by atoms with van der Waals surface area (Å²) in [5.41, 5.74) is 3.58. The van der Waals surface area contributed by atoms with Crippen molar-refractivity contribution in [2.45, 2.75) is 53.0 Å². The molecule has 20 heavy (non-hydrogen) atoms. The molecule has 0 saturated heterocycles. The summed E-state index contributed by atoms with van der Waals surface area (Å²) in [7, 11) is 0. The number of fused-ring (bicyclic) bond motifs is 1. The van der Waals surface area contributed by atoms with Crippen LogP contribution in [0.5, 0.6) is 0 Å². The van der Waals surface area contributed by atoms with Gasteiger partial charge in [-0.2, -0.15) is 0 Å². The molecule has 0 aliphatic rings. The fourth-order valence-electron chi connectivity index (χ4n) is 2.71. The van der Waals surface area contributed by atoms with Crippen molar-refractivity contribution in [3.63, 3.8) is 0 Å². The first-order chi connectivity index (χ1) is 9.36. The van der Waals surface area contributed by atoms with Crippen molar-refractivity contribution in [1.29, 1.82) is 0 Å². The third-order valence-corrected chi connectivity index (χ3v) is 3.83. The van der Waals surface area contributed by atoms with Crippen LogP contribution in [0.4, 0.5) is 0 Å². The van der Waals surface area contributed by atoms with Gasteiger partial charge in [0.2, 0.25) is 0 Å². The predicted molar refractivity (Wildman–Crippen MR) is 82.7 cm³/mol. The number of hydrogen-bond acceptors (Lipinski definition) is 1. The Hall–Kier alpha value is -1.77. The minimum atomic E-state index is -0.847. The molecule has 1 aromatic heterocycles. The van der Waals surface area contributed by atoms with Crippen molar-refractivity contribution in [2.75, 3.05) is 0 Å². The molecule has 3 heteroatoms. The highest BCUT2D eigenvalue weighted by Crippen LogP contribution is 2.33. The molecular formula is C17H23NO2. The van der Waals surface area contributed by atoms with E-state index < -0.39 is 5.97 Å². The standard InChI is InChI=1S/C17H23NO2/c1-6-12-7-13-15(10(2)3)9-18(11(4)5)16(13)14(8-12)17(19)20/h7-11H,6H2,1-5H3,(H,19,20). The van der Waals surface area contributed by atoms with Crippen LogP contribution in [-0.2, 0) is 6.42 Å². The Labute approximate surface area is 120 Å². The van der Waals surface area contributed by atoms with E-state index in [-0.39, 0.29) is 6.04 Å². The van der Waals surface area contributed by atoms with Gasteiger partial charge in [0.05, 0.1) is 11.1 Å². The quantitative estimate of drug-likeness (QED) is 0.884. The highest BCUT2D eigenvalue weighted by molar-refractivity contribution is 6.04. The van der Waals surface area contributed by atoms with E-state index in [1.807, 2.05) is 6.07 Å². The molecule has 0 saturated carbocycles. The van der Waals surface area contributed by atoms with Gasteiger partial charge >= 0.3 is 5.97 Å². The van der Waals surface area contributed by atoms with Crippen LogP contribution >= 0.6 is 0 Å².